The molecule has 0 spiro atoms. The maximum absolute atomic E-state index is 12.2. The SMILES string of the molecule is C[C@H](OC(=O)c1cccc(C#N)c1)C(=O)NC1CCCCCC1. The van der Waals surface area contributed by atoms with Gasteiger partial charge in [0.05, 0.1) is 17.2 Å². The molecule has 23 heavy (non-hydrogen) atoms. The van der Waals surface area contributed by atoms with Gasteiger partial charge in [-0.1, -0.05) is 31.7 Å². The minimum Gasteiger partial charge on any atom is -0.449 e. The third-order valence-corrected chi connectivity index (χ3v) is 4.08. The summed E-state index contributed by atoms with van der Waals surface area (Å²) in [5.41, 5.74) is 0.660. The van der Waals surface area contributed by atoms with Gasteiger partial charge in [-0.3, -0.25) is 4.79 Å². The van der Waals surface area contributed by atoms with Crippen LogP contribution in [0.4, 0.5) is 0 Å². The zero-order valence-corrected chi connectivity index (χ0v) is 13.4. The normalized spacial score (nSPS) is 16.7. The summed E-state index contributed by atoms with van der Waals surface area (Å²) >= 11 is 0. The number of benzene rings is 1. The fourth-order valence-corrected chi connectivity index (χ4v) is 2.74. The number of esters is 1. The largest absolute Gasteiger partial charge is 0.449 e. The number of hydrogen-bond acceptors (Lipinski definition) is 4. The first-order chi connectivity index (χ1) is 11.1. The second kappa shape index (κ2) is 8.33. The number of rotatable bonds is 4. The Morgan fingerprint density at radius 3 is 2.61 bits per heavy atom. The maximum atomic E-state index is 12.2. The van der Waals surface area contributed by atoms with E-state index >= 15 is 0 Å². The topological polar surface area (TPSA) is 79.2 Å². The van der Waals surface area contributed by atoms with E-state index in [2.05, 4.69) is 5.32 Å². The Hall–Kier alpha value is -2.35. The number of amides is 1. The van der Waals surface area contributed by atoms with Gasteiger partial charge in [0.2, 0.25) is 0 Å². The fraction of sp³-hybridized carbons (Fsp3) is 0.500. The number of hydrogen-bond donors (Lipinski definition) is 1. The third kappa shape index (κ3) is 5.10. The quantitative estimate of drug-likeness (QED) is 0.684. The van der Waals surface area contributed by atoms with Gasteiger partial charge in [-0.05, 0) is 38.0 Å². The van der Waals surface area contributed by atoms with Crippen LogP contribution in [0, 0.1) is 11.3 Å². The van der Waals surface area contributed by atoms with E-state index < -0.39 is 12.1 Å². The van der Waals surface area contributed by atoms with Gasteiger partial charge in [-0.2, -0.15) is 5.26 Å². The second-order valence-corrected chi connectivity index (χ2v) is 5.94. The van der Waals surface area contributed by atoms with Gasteiger partial charge in [-0.25, -0.2) is 4.79 Å². The predicted octanol–water partition coefficient (Wildman–Crippen LogP) is 2.94. The van der Waals surface area contributed by atoms with Crippen molar-refractivity contribution in [1.82, 2.24) is 5.32 Å². The summed E-state index contributed by atoms with van der Waals surface area (Å²) in [5, 5.41) is 11.8. The van der Waals surface area contributed by atoms with Crippen LogP contribution in [0.3, 0.4) is 0 Å². The summed E-state index contributed by atoms with van der Waals surface area (Å²) in [6.45, 7) is 1.57. The molecule has 2 rings (SSSR count). The van der Waals surface area contributed by atoms with E-state index in [1.165, 1.54) is 18.9 Å². The lowest BCUT2D eigenvalue weighted by molar-refractivity contribution is -0.129. The van der Waals surface area contributed by atoms with Crippen LogP contribution in [-0.2, 0) is 9.53 Å². The molecule has 1 N–H and O–H groups in total. The molecule has 122 valence electrons. The van der Waals surface area contributed by atoms with Crippen molar-refractivity contribution in [1.29, 1.82) is 5.26 Å². The van der Waals surface area contributed by atoms with Gasteiger partial charge in [0.25, 0.3) is 5.91 Å². The number of nitriles is 1. The number of ether oxygens (including phenoxy) is 1. The van der Waals surface area contributed by atoms with Gasteiger partial charge in [0, 0.05) is 6.04 Å². The molecule has 5 nitrogen and oxygen atoms in total. The molecule has 0 saturated heterocycles. The first kappa shape index (κ1) is 17.0. The first-order valence-electron chi connectivity index (χ1n) is 8.11. The number of nitrogens with one attached hydrogen (secondary N) is 1. The van der Waals surface area contributed by atoms with Crippen LogP contribution < -0.4 is 5.32 Å². The molecule has 1 atom stereocenters. The zero-order chi connectivity index (χ0) is 16.7. The number of carbonyl (C=O) groups is 2. The molecule has 1 aromatic carbocycles. The van der Waals surface area contributed by atoms with Crippen LogP contribution >= 0.6 is 0 Å². The summed E-state index contributed by atoms with van der Waals surface area (Å²) in [5.74, 6) is -0.854. The lowest BCUT2D eigenvalue weighted by Crippen LogP contribution is -2.41. The maximum Gasteiger partial charge on any atom is 0.338 e. The summed E-state index contributed by atoms with van der Waals surface area (Å²) in [4.78, 5) is 24.2. The van der Waals surface area contributed by atoms with Gasteiger partial charge < -0.3 is 10.1 Å². The Balaban J connectivity index is 1.89. The van der Waals surface area contributed by atoms with Crippen LogP contribution in [0.25, 0.3) is 0 Å². The van der Waals surface area contributed by atoms with E-state index in [9.17, 15) is 9.59 Å². The number of nitrogens with zero attached hydrogens (tertiary/aromatic N) is 1. The van der Waals surface area contributed by atoms with Gasteiger partial charge >= 0.3 is 5.97 Å². The molecule has 1 aliphatic rings. The minimum atomic E-state index is -0.850. The van der Waals surface area contributed by atoms with Crippen LogP contribution in [0.1, 0.15) is 61.4 Å². The highest BCUT2D eigenvalue weighted by atomic mass is 16.5. The Morgan fingerprint density at radius 2 is 1.96 bits per heavy atom. The molecule has 1 saturated carbocycles. The molecule has 0 bridgehead atoms. The summed E-state index contributed by atoms with van der Waals surface area (Å²) in [7, 11) is 0. The summed E-state index contributed by atoms with van der Waals surface area (Å²) in [6.07, 6.45) is 5.79. The standard InChI is InChI=1S/C18H22N2O3/c1-13(17(21)20-16-9-4-2-3-5-10-16)23-18(22)15-8-6-7-14(11-15)12-19/h6-8,11,13,16H,2-5,9-10H2,1H3,(H,20,21)/t13-/m0/s1. The van der Waals surface area contributed by atoms with E-state index in [-0.39, 0.29) is 17.5 Å². The highest BCUT2D eigenvalue weighted by Gasteiger charge is 2.22. The highest BCUT2D eigenvalue weighted by Crippen LogP contribution is 2.17. The Labute approximate surface area is 136 Å². The van der Waals surface area contributed by atoms with E-state index in [0.29, 0.717) is 5.56 Å². The van der Waals surface area contributed by atoms with Gasteiger partial charge in [0.15, 0.2) is 6.10 Å². The Kier molecular flexibility index (Phi) is 6.16. The Bertz CT molecular complexity index is 599. The van der Waals surface area contributed by atoms with Crippen molar-refractivity contribution in [2.75, 3.05) is 0 Å². The van der Waals surface area contributed by atoms with E-state index in [0.717, 1.165) is 25.7 Å². The molecule has 1 aliphatic carbocycles. The molecule has 0 aromatic heterocycles. The third-order valence-electron chi connectivity index (χ3n) is 4.08. The summed E-state index contributed by atoms with van der Waals surface area (Å²) < 4.78 is 5.21. The molecule has 0 aliphatic heterocycles. The molecule has 5 heteroatoms. The van der Waals surface area contributed by atoms with Crippen LogP contribution in [0.5, 0.6) is 0 Å². The monoisotopic (exact) mass is 314 g/mol. The van der Waals surface area contributed by atoms with Crippen LogP contribution in [0.15, 0.2) is 24.3 Å². The smallest absolute Gasteiger partial charge is 0.338 e. The molecule has 0 radical (unpaired) electrons. The van der Waals surface area contributed by atoms with Crippen molar-refractivity contribution in [3.8, 4) is 6.07 Å². The number of carbonyl (C=O) groups excluding carboxylic acids is 2. The lowest BCUT2D eigenvalue weighted by atomic mass is 10.1. The van der Waals surface area contributed by atoms with Crippen LogP contribution in [0.2, 0.25) is 0 Å². The van der Waals surface area contributed by atoms with Crippen molar-refractivity contribution in [2.24, 2.45) is 0 Å². The molecule has 0 unspecified atom stereocenters. The van der Waals surface area contributed by atoms with Crippen molar-refractivity contribution in [3.63, 3.8) is 0 Å². The lowest BCUT2D eigenvalue weighted by Gasteiger charge is -2.19. The molecular weight excluding hydrogens is 292 g/mol. The second-order valence-electron chi connectivity index (χ2n) is 5.94. The van der Waals surface area contributed by atoms with Crippen molar-refractivity contribution in [2.45, 2.75) is 57.6 Å². The zero-order valence-electron chi connectivity index (χ0n) is 13.4. The molecular formula is C18H22N2O3. The van der Waals surface area contributed by atoms with Crippen molar-refractivity contribution < 1.29 is 14.3 Å². The van der Waals surface area contributed by atoms with E-state index in [1.807, 2.05) is 6.07 Å². The molecule has 1 amide bonds. The van der Waals surface area contributed by atoms with Gasteiger partial charge in [0.1, 0.15) is 0 Å². The van der Waals surface area contributed by atoms with Crippen LogP contribution in [-0.4, -0.2) is 24.0 Å². The molecule has 1 fully saturated rings. The average Bonchev–Trinajstić information content (AvgIpc) is 2.83. The highest BCUT2D eigenvalue weighted by molar-refractivity contribution is 5.92. The molecule has 1 aromatic rings. The van der Waals surface area contributed by atoms with E-state index in [1.54, 1.807) is 25.1 Å². The van der Waals surface area contributed by atoms with E-state index in [4.69, 9.17) is 10.00 Å². The minimum absolute atomic E-state index is 0.174. The predicted molar refractivity (Wildman–Crippen MR) is 85.7 cm³/mol. The average molecular weight is 314 g/mol. The van der Waals surface area contributed by atoms with Crippen molar-refractivity contribution in [3.05, 3.63) is 35.4 Å². The molecule has 0 heterocycles. The van der Waals surface area contributed by atoms with Gasteiger partial charge in [-0.15, -0.1) is 0 Å². The summed E-state index contributed by atoms with van der Waals surface area (Å²) in [6, 6.07) is 8.40. The van der Waals surface area contributed by atoms with Crippen molar-refractivity contribution >= 4 is 11.9 Å². The fourth-order valence-electron chi connectivity index (χ4n) is 2.74. The Morgan fingerprint density at radius 1 is 1.26 bits per heavy atom. The first-order valence-corrected chi connectivity index (χ1v) is 8.11.